The van der Waals surface area contributed by atoms with E-state index < -0.39 is 21.7 Å². The molecule has 10 nitrogen and oxygen atoms in total. The van der Waals surface area contributed by atoms with Gasteiger partial charge in [-0.1, -0.05) is 11.6 Å². The van der Waals surface area contributed by atoms with Gasteiger partial charge in [-0.05, 0) is 18.2 Å². The fraction of sp³-hybridized carbons (Fsp3) is 0. The van der Waals surface area contributed by atoms with Crippen LogP contribution >= 0.6 is 11.6 Å². The van der Waals surface area contributed by atoms with Crippen LogP contribution in [0.4, 0.5) is 22.7 Å². The van der Waals surface area contributed by atoms with Gasteiger partial charge < -0.3 is 10.6 Å². The van der Waals surface area contributed by atoms with Crippen molar-refractivity contribution in [2.75, 3.05) is 10.6 Å². The zero-order valence-corrected chi connectivity index (χ0v) is 13.0. The van der Waals surface area contributed by atoms with Gasteiger partial charge in [0.2, 0.25) is 0 Å². The highest BCUT2D eigenvalue weighted by molar-refractivity contribution is 6.44. The lowest BCUT2D eigenvalue weighted by molar-refractivity contribution is -0.385. The van der Waals surface area contributed by atoms with Crippen molar-refractivity contribution < 1.29 is 19.4 Å². The zero-order valence-electron chi connectivity index (χ0n) is 12.3. The summed E-state index contributed by atoms with van der Waals surface area (Å²) in [6, 6.07) is 8.20. The van der Waals surface area contributed by atoms with Crippen LogP contribution in [0.3, 0.4) is 0 Å². The Morgan fingerprint density at radius 3 is 1.92 bits per heavy atom. The molecule has 0 radical (unpaired) electrons. The van der Waals surface area contributed by atoms with Crippen LogP contribution in [0.25, 0.3) is 0 Å². The highest BCUT2D eigenvalue weighted by Crippen LogP contribution is 2.26. The predicted octanol–water partition coefficient (Wildman–Crippen LogP) is 2.73. The summed E-state index contributed by atoms with van der Waals surface area (Å²) in [6.07, 6.45) is 0. The van der Waals surface area contributed by atoms with Gasteiger partial charge in [-0.3, -0.25) is 29.8 Å². The number of nitro benzene ring substituents is 2. The zero-order chi connectivity index (χ0) is 18.6. The average Bonchev–Trinajstić information content (AvgIpc) is 2.57. The van der Waals surface area contributed by atoms with E-state index in [0.29, 0.717) is 0 Å². The molecule has 0 bridgehead atoms. The van der Waals surface area contributed by atoms with Crippen molar-refractivity contribution in [3.8, 4) is 0 Å². The molecule has 0 unspecified atom stereocenters. The number of non-ortho nitro benzene ring substituents is 2. The maximum atomic E-state index is 11.9. The molecule has 2 aromatic carbocycles. The second-order valence-electron chi connectivity index (χ2n) is 4.63. The highest BCUT2D eigenvalue weighted by atomic mass is 35.5. The van der Waals surface area contributed by atoms with Crippen molar-refractivity contribution in [1.82, 2.24) is 0 Å². The van der Waals surface area contributed by atoms with E-state index in [0.717, 1.165) is 24.3 Å². The largest absolute Gasteiger partial charge is 0.318 e. The Labute approximate surface area is 144 Å². The Morgan fingerprint density at radius 1 is 0.840 bits per heavy atom. The monoisotopic (exact) mass is 364 g/mol. The molecule has 0 atom stereocenters. The molecule has 0 saturated carbocycles. The van der Waals surface area contributed by atoms with Crippen molar-refractivity contribution >= 4 is 46.2 Å². The summed E-state index contributed by atoms with van der Waals surface area (Å²) in [6.45, 7) is 0. The topological polar surface area (TPSA) is 144 Å². The van der Waals surface area contributed by atoms with Gasteiger partial charge in [0.25, 0.3) is 11.4 Å². The number of nitro groups is 2. The molecule has 0 spiro atoms. The number of hydrogen-bond acceptors (Lipinski definition) is 6. The molecule has 2 rings (SSSR count). The van der Waals surface area contributed by atoms with Gasteiger partial charge in [-0.15, -0.1) is 0 Å². The van der Waals surface area contributed by atoms with Gasteiger partial charge in [0.1, 0.15) is 0 Å². The molecule has 0 fully saturated rings. The minimum atomic E-state index is -1.11. The summed E-state index contributed by atoms with van der Waals surface area (Å²) in [7, 11) is 0. The highest BCUT2D eigenvalue weighted by Gasteiger charge is 2.18. The van der Waals surface area contributed by atoms with E-state index in [1.165, 1.54) is 18.2 Å². The molecule has 128 valence electrons. The van der Waals surface area contributed by atoms with E-state index >= 15 is 0 Å². The summed E-state index contributed by atoms with van der Waals surface area (Å²) >= 11 is 5.82. The number of anilines is 2. The van der Waals surface area contributed by atoms with Crippen molar-refractivity contribution in [1.29, 1.82) is 0 Å². The smallest absolute Gasteiger partial charge is 0.314 e. The van der Waals surface area contributed by atoms with Crippen molar-refractivity contribution in [3.05, 3.63) is 67.7 Å². The van der Waals surface area contributed by atoms with Gasteiger partial charge in [0, 0.05) is 30.0 Å². The first-order chi connectivity index (χ1) is 11.8. The van der Waals surface area contributed by atoms with Crippen LogP contribution in [0.15, 0.2) is 42.5 Å². The van der Waals surface area contributed by atoms with Crippen LogP contribution in [-0.4, -0.2) is 21.7 Å². The molecule has 0 heterocycles. The molecule has 0 aliphatic rings. The van der Waals surface area contributed by atoms with E-state index in [2.05, 4.69) is 10.6 Å². The Kier molecular flexibility index (Phi) is 5.25. The number of hydrogen-bond donors (Lipinski definition) is 2. The molecule has 2 aromatic rings. The van der Waals surface area contributed by atoms with Gasteiger partial charge >= 0.3 is 11.8 Å². The van der Waals surface area contributed by atoms with E-state index in [-0.39, 0.29) is 27.8 Å². The Morgan fingerprint density at radius 2 is 1.36 bits per heavy atom. The van der Waals surface area contributed by atoms with Gasteiger partial charge in [-0.2, -0.15) is 0 Å². The van der Waals surface area contributed by atoms with Gasteiger partial charge in [-0.25, -0.2) is 0 Å². The van der Waals surface area contributed by atoms with Gasteiger partial charge in [0.05, 0.1) is 20.6 Å². The summed E-state index contributed by atoms with van der Waals surface area (Å²) in [5.41, 5.74) is -0.420. The van der Waals surface area contributed by atoms with Crippen LogP contribution < -0.4 is 10.6 Å². The minimum Gasteiger partial charge on any atom is -0.318 e. The SMILES string of the molecule is O=C(Nc1ccc([N+](=O)[O-])cc1)C(=O)Nc1cc([N+](=O)[O-])ccc1Cl. The third-order valence-electron chi connectivity index (χ3n) is 2.95. The molecule has 2 amide bonds. The van der Waals surface area contributed by atoms with Crippen LogP contribution in [0.2, 0.25) is 5.02 Å². The Bertz CT molecular complexity index is 868. The van der Waals surface area contributed by atoms with E-state index in [4.69, 9.17) is 11.6 Å². The summed E-state index contributed by atoms with van der Waals surface area (Å²) in [5.74, 6) is -2.18. The molecule has 25 heavy (non-hydrogen) atoms. The standard InChI is InChI=1S/C14H9ClN4O6/c15-11-6-5-10(19(24)25)7-12(11)17-14(21)13(20)16-8-1-3-9(4-2-8)18(22)23/h1-7H,(H,16,20)(H,17,21). The molecule has 11 heteroatoms. The second-order valence-corrected chi connectivity index (χ2v) is 5.04. The third-order valence-corrected chi connectivity index (χ3v) is 3.28. The molecule has 0 aliphatic heterocycles. The Balaban J connectivity index is 2.08. The maximum Gasteiger partial charge on any atom is 0.314 e. The lowest BCUT2D eigenvalue weighted by Gasteiger charge is -2.08. The second kappa shape index (κ2) is 7.36. The fourth-order valence-corrected chi connectivity index (χ4v) is 1.92. The maximum absolute atomic E-state index is 11.9. The molecule has 0 saturated heterocycles. The lowest BCUT2D eigenvalue weighted by Crippen LogP contribution is -2.29. The average molecular weight is 365 g/mol. The number of benzene rings is 2. The number of carbonyl (C=O) groups is 2. The molecule has 0 aromatic heterocycles. The van der Waals surface area contributed by atoms with E-state index in [1.54, 1.807) is 0 Å². The quantitative estimate of drug-likeness (QED) is 0.484. The van der Waals surface area contributed by atoms with Crippen molar-refractivity contribution in [2.24, 2.45) is 0 Å². The number of nitrogens with one attached hydrogen (secondary N) is 2. The minimum absolute atomic E-state index is 0.0158. The number of carbonyl (C=O) groups excluding carboxylic acids is 2. The van der Waals surface area contributed by atoms with Crippen molar-refractivity contribution in [3.63, 3.8) is 0 Å². The van der Waals surface area contributed by atoms with Crippen LogP contribution in [0, 0.1) is 20.2 Å². The van der Waals surface area contributed by atoms with Crippen LogP contribution in [0.5, 0.6) is 0 Å². The normalized spacial score (nSPS) is 9.96. The number of amides is 2. The Hall–Kier alpha value is -3.53. The first kappa shape index (κ1) is 17.8. The summed E-state index contributed by atoms with van der Waals surface area (Å²) in [4.78, 5) is 43.7. The lowest BCUT2D eigenvalue weighted by atomic mass is 10.2. The summed E-state index contributed by atoms with van der Waals surface area (Å²) in [5, 5.41) is 25.7. The van der Waals surface area contributed by atoms with E-state index in [1.807, 2.05) is 0 Å². The fourth-order valence-electron chi connectivity index (χ4n) is 1.76. The van der Waals surface area contributed by atoms with Crippen LogP contribution in [0.1, 0.15) is 0 Å². The predicted molar refractivity (Wildman–Crippen MR) is 88.5 cm³/mol. The molecular formula is C14H9ClN4O6. The first-order valence-corrected chi connectivity index (χ1v) is 6.96. The third kappa shape index (κ3) is 4.48. The van der Waals surface area contributed by atoms with Crippen LogP contribution in [-0.2, 0) is 9.59 Å². The molecular weight excluding hydrogens is 356 g/mol. The first-order valence-electron chi connectivity index (χ1n) is 6.58. The number of halogens is 1. The summed E-state index contributed by atoms with van der Waals surface area (Å²) < 4.78 is 0. The number of rotatable bonds is 4. The number of nitrogens with zero attached hydrogens (tertiary/aromatic N) is 2. The van der Waals surface area contributed by atoms with Crippen molar-refractivity contribution in [2.45, 2.75) is 0 Å². The molecule has 2 N–H and O–H groups in total. The van der Waals surface area contributed by atoms with E-state index in [9.17, 15) is 29.8 Å². The van der Waals surface area contributed by atoms with Gasteiger partial charge in [0.15, 0.2) is 0 Å². The molecule has 0 aliphatic carbocycles.